The molecule has 0 unspecified atom stereocenters. The summed E-state index contributed by atoms with van der Waals surface area (Å²) in [6.07, 6.45) is 19.8. The van der Waals surface area contributed by atoms with E-state index in [1.54, 1.807) is 6.08 Å². The Labute approximate surface area is 165 Å². The molecule has 0 aliphatic heterocycles. The maximum atomic E-state index is 11.6. The van der Waals surface area contributed by atoms with E-state index in [0.29, 0.717) is 16.6 Å². The number of rotatable bonds is 9. The second-order valence-electron chi connectivity index (χ2n) is 8.89. The SMILES string of the molecule is C/C=C/C(=O)Oc1ccc(C23CCC(CCCCCCC)(CC2)CC3)cc1. The van der Waals surface area contributed by atoms with Crippen LogP contribution in [0.3, 0.4) is 0 Å². The third kappa shape index (κ3) is 4.83. The summed E-state index contributed by atoms with van der Waals surface area (Å²) < 4.78 is 5.34. The fraction of sp³-hybridized carbons (Fsp3) is 0.640. The molecule has 2 heteroatoms. The maximum absolute atomic E-state index is 11.6. The normalized spacial score (nSPS) is 27.2. The summed E-state index contributed by atoms with van der Waals surface area (Å²) in [5, 5.41) is 0. The molecular weight excluding hydrogens is 332 g/mol. The highest BCUT2D eigenvalue weighted by molar-refractivity contribution is 5.83. The third-order valence-electron chi connectivity index (χ3n) is 7.20. The first kappa shape index (κ1) is 20.2. The van der Waals surface area contributed by atoms with Gasteiger partial charge in [0.1, 0.15) is 5.75 Å². The van der Waals surface area contributed by atoms with E-state index < -0.39 is 0 Å². The zero-order valence-corrected chi connectivity index (χ0v) is 17.3. The number of fused-ring (bicyclic) bond motifs is 3. The molecule has 1 aromatic rings. The van der Waals surface area contributed by atoms with Crippen molar-refractivity contribution in [3.8, 4) is 5.75 Å². The molecule has 0 saturated heterocycles. The highest BCUT2D eigenvalue weighted by atomic mass is 16.5. The van der Waals surface area contributed by atoms with E-state index in [9.17, 15) is 4.79 Å². The first-order valence-corrected chi connectivity index (χ1v) is 11.1. The molecule has 0 N–H and O–H groups in total. The van der Waals surface area contributed by atoms with Gasteiger partial charge in [-0.3, -0.25) is 0 Å². The molecule has 27 heavy (non-hydrogen) atoms. The summed E-state index contributed by atoms with van der Waals surface area (Å²) >= 11 is 0. The van der Waals surface area contributed by atoms with Crippen LogP contribution in [0.15, 0.2) is 36.4 Å². The zero-order chi connectivity index (χ0) is 19.2. The Bertz CT molecular complexity index is 616. The van der Waals surface area contributed by atoms with Crippen molar-refractivity contribution in [1.82, 2.24) is 0 Å². The molecule has 3 saturated carbocycles. The van der Waals surface area contributed by atoms with E-state index in [1.807, 2.05) is 19.1 Å². The summed E-state index contributed by atoms with van der Waals surface area (Å²) in [6.45, 7) is 4.11. The van der Waals surface area contributed by atoms with Crippen LogP contribution in [0.1, 0.15) is 96.5 Å². The van der Waals surface area contributed by atoms with Crippen molar-refractivity contribution >= 4 is 5.97 Å². The van der Waals surface area contributed by atoms with Gasteiger partial charge in [-0.25, -0.2) is 4.79 Å². The monoisotopic (exact) mass is 368 g/mol. The lowest BCUT2D eigenvalue weighted by molar-refractivity contribution is -0.129. The fourth-order valence-corrected chi connectivity index (χ4v) is 5.34. The van der Waals surface area contributed by atoms with Crippen molar-refractivity contribution in [3.05, 3.63) is 42.0 Å². The van der Waals surface area contributed by atoms with Crippen LogP contribution in [0.5, 0.6) is 5.75 Å². The Kier molecular flexibility index (Phi) is 6.78. The molecule has 3 fully saturated rings. The molecule has 0 spiro atoms. The number of unbranched alkanes of at least 4 members (excludes halogenated alkanes) is 4. The molecule has 0 heterocycles. The van der Waals surface area contributed by atoms with Gasteiger partial charge in [-0.15, -0.1) is 0 Å². The van der Waals surface area contributed by atoms with E-state index in [2.05, 4.69) is 19.1 Å². The van der Waals surface area contributed by atoms with Crippen LogP contribution in [0.4, 0.5) is 0 Å². The van der Waals surface area contributed by atoms with E-state index in [0.717, 1.165) is 0 Å². The number of hydrogen-bond donors (Lipinski definition) is 0. The van der Waals surface area contributed by atoms with Crippen molar-refractivity contribution < 1.29 is 9.53 Å². The first-order chi connectivity index (χ1) is 13.1. The minimum Gasteiger partial charge on any atom is -0.423 e. The van der Waals surface area contributed by atoms with E-state index in [4.69, 9.17) is 4.74 Å². The second-order valence-corrected chi connectivity index (χ2v) is 8.89. The van der Waals surface area contributed by atoms with Crippen LogP contribution in [0.25, 0.3) is 0 Å². The number of carbonyl (C=O) groups is 1. The lowest BCUT2D eigenvalue weighted by Gasteiger charge is -2.54. The Morgan fingerprint density at radius 2 is 1.59 bits per heavy atom. The third-order valence-corrected chi connectivity index (χ3v) is 7.20. The van der Waals surface area contributed by atoms with E-state index in [-0.39, 0.29) is 5.97 Å². The van der Waals surface area contributed by atoms with Crippen molar-refractivity contribution in [3.63, 3.8) is 0 Å². The number of benzene rings is 1. The Hall–Kier alpha value is -1.57. The smallest absolute Gasteiger partial charge is 0.335 e. The fourth-order valence-electron chi connectivity index (χ4n) is 5.34. The number of allylic oxidation sites excluding steroid dienone is 1. The molecule has 148 valence electrons. The van der Waals surface area contributed by atoms with Gasteiger partial charge in [0.15, 0.2) is 0 Å². The van der Waals surface area contributed by atoms with Gasteiger partial charge in [-0.2, -0.15) is 0 Å². The highest BCUT2D eigenvalue weighted by Crippen LogP contribution is 2.59. The molecule has 0 atom stereocenters. The molecule has 2 bridgehead atoms. The van der Waals surface area contributed by atoms with Crippen molar-refractivity contribution in [2.45, 2.75) is 96.3 Å². The molecule has 4 rings (SSSR count). The van der Waals surface area contributed by atoms with E-state index in [1.165, 1.54) is 88.7 Å². The minimum absolute atomic E-state index is 0.303. The Morgan fingerprint density at radius 3 is 2.19 bits per heavy atom. The van der Waals surface area contributed by atoms with Crippen molar-refractivity contribution in [1.29, 1.82) is 0 Å². The van der Waals surface area contributed by atoms with E-state index >= 15 is 0 Å². The van der Waals surface area contributed by atoms with Gasteiger partial charge >= 0.3 is 5.97 Å². The maximum Gasteiger partial charge on any atom is 0.335 e. The molecule has 3 aliphatic carbocycles. The molecule has 1 aromatic carbocycles. The van der Waals surface area contributed by atoms with Crippen LogP contribution in [0, 0.1) is 5.41 Å². The number of ether oxygens (including phenoxy) is 1. The minimum atomic E-state index is -0.303. The number of carbonyl (C=O) groups excluding carboxylic acids is 1. The van der Waals surface area contributed by atoms with Crippen LogP contribution >= 0.6 is 0 Å². The van der Waals surface area contributed by atoms with Crippen LogP contribution < -0.4 is 4.74 Å². The lowest BCUT2D eigenvalue weighted by Crippen LogP contribution is -2.44. The van der Waals surface area contributed by atoms with Crippen LogP contribution in [0.2, 0.25) is 0 Å². The first-order valence-electron chi connectivity index (χ1n) is 11.1. The molecule has 3 aliphatic rings. The van der Waals surface area contributed by atoms with Gasteiger partial charge in [0, 0.05) is 6.08 Å². The topological polar surface area (TPSA) is 26.3 Å². The largest absolute Gasteiger partial charge is 0.423 e. The summed E-state index contributed by atoms with van der Waals surface area (Å²) in [6, 6.07) is 8.33. The second kappa shape index (κ2) is 9.08. The summed E-state index contributed by atoms with van der Waals surface area (Å²) in [7, 11) is 0. The average molecular weight is 369 g/mol. The van der Waals surface area contributed by atoms with Gasteiger partial charge in [0.2, 0.25) is 0 Å². The van der Waals surface area contributed by atoms with Crippen molar-refractivity contribution in [2.24, 2.45) is 5.41 Å². The van der Waals surface area contributed by atoms with Crippen molar-refractivity contribution in [2.75, 3.05) is 0 Å². The lowest BCUT2D eigenvalue weighted by atomic mass is 9.51. The molecular formula is C25H36O2. The van der Waals surface area contributed by atoms with Gasteiger partial charge in [0.25, 0.3) is 0 Å². The Morgan fingerprint density at radius 1 is 0.963 bits per heavy atom. The standard InChI is InChI=1S/C25H36O2/c1-3-5-6-7-8-14-24-15-18-25(19-16-24,20-17-24)21-10-12-22(13-11-21)27-23(26)9-4-2/h4,9-13H,3,5-8,14-20H2,1-2H3/b9-4+. The quantitative estimate of drug-likeness (QED) is 0.201. The van der Waals surface area contributed by atoms with Gasteiger partial charge in [-0.1, -0.05) is 57.2 Å². The Balaban J connectivity index is 1.55. The zero-order valence-electron chi connectivity index (χ0n) is 17.3. The summed E-state index contributed by atoms with van der Waals surface area (Å²) in [4.78, 5) is 11.6. The van der Waals surface area contributed by atoms with Gasteiger partial charge in [0.05, 0.1) is 0 Å². The number of hydrogen-bond acceptors (Lipinski definition) is 2. The predicted octanol–water partition coefficient (Wildman–Crippen LogP) is 7.12. The van der Waals surface area contributed by atoms with Crippen LogP contribution in [-0.4, -0.2) is 5.97 Å². The average Bonchev–Trinajstić information content (AvgIpc) is 2.70. The van der Waals surface area contributed by atoms with Gasteiger partial charge < -0.3 is 4.74 Å². The molecule has 0 aromatic heterocycles. The highest BCUT2D eigenvalue weighted by Gasteiger charge is 2.48. The molecule has 2 nitrogen and oxygen atoms in total. The summed E-state index contributed by atoms with van der Waals surface area (Å²) in [5.41, 5.74) is 2.47. The van der Waals surface area contributed by atoms with Gasteiger partial charge in [-0.05, 0) is 80.4 Å². The van der Waals surface area contributed by atoms with Crippen LogP contribution in [-0.2, 0) is 10.2 Å². The molecule has 0 amide bonds. The predicted molar refractivity (Wildman–Crippen MR) is 112 cm³/mol. The number of esters is 1. The molecule has 0 radical (unpaired) electrons. The summed E-state index contributed by atoms with van der Waals surface area (Å²) in [5.74, 6) is 0.341.